The Kier molecular flexibility index (Phi) is 6.15. The molecule has 1 aliphatic heterocycles. The normalized spacial score (nSPS) is 14.5. The smallest absolute Gasteiger partial charge is 0.254 e. The maximum atomic E-state index is 13.7. The fraction of sp³-hybridized carbons (Fsp3) is 0.241. The topological polar surface area (TPSA) is 33.2 Å². The first kappa shape index (κ1) is 21.7. The van der Waals surface area contributed by atoms with Crippen LogP contribution in [0.5, 0.6) is 0 Å². The Morgan fingerprint density at radius 3 is 2.42 bits per heavy atom. The number of amides is 1. The minimum atomic E-state index is 0.0985. The zero-order valence-corrected chi connectivity index (χ0v) is 19.6. The molecule has 33 heavy (non-hydrogen) atoms. The van der Waals surface area contributed by atoms with Gasteiger partial charge in [0.1, 0.15) is 0 Å². The number of carbonyl (C=O) groups is 1. The second kappa shape index (κ2) is 9.36. The van der Waals surface area contributed by atoms with Gasteiger partial charge < -0.3 is 4.90 Å². The van der Waals surface area contributed by atoms with Gasteiger partial charge in [-0.3, -0.25) is 4.79 Å². The fourth-order valence-corrected chi connectivity index (χ4v) is 4.92. The highest BCUT2D eigenvalue weighted by atomic mass is 35.5. The second-order valence-electron chi connectivity index (χ2n) is 8.96. The van der Waals surface area contributed by atoms with E-state index in [9.17, 15) is 4.79 Å². The minimum Gasteiger partial charge on any atom is -0.339 e. The predicted octanol–water partition coefficient (Wildman–Crippen LogP) is 6.96. The first-order valence-electron chi connectivity index (χ1n) is 11.6. The van der Waals surface area contributed by atoms with Crippen LogP contribution in [0.3, 0.4) is 0 Å². The Hall–Kier alpha value is -3.17. The lowest BCUT2D eigenvalue weighted by atomic mass is 9.90. The lowest BCUT2D eigenvalue weighted by Crippen LogP contribution is -2.39. The zero-order chi connectivity index (χ0) is 22.8. The number of piperidine rings is 1. The Bertz CT molecular complexity index is 1280. The third-order valence-corrected chi connectivity index (χ3v) is 6.93. The molecule has 4 heteroatoms. The number of para-hydroxylation sites is 1. The van der Waals surface area contributed by atoms with Crippen LogP contribution in [0, 0.1) is 12.8 Å². The Balaban J connectivity index is 1.42. The Labute approximate surface area is 200 Å². The molecule has 0 atom stereocenters. The fourth-order valence-electron chi connectivity index (χ4n) is 4.80. The van der Waals surface area contributed by atoms with E-state index in [0.29, 0.717) is 10.9 Å². The van der Waals surface area contributed by atoms with Crippen molar-refractivity contribution in [3.8, 4) is 11.3 Å². The molecule has 0 unspecified atom stereocenters. The molecule has 3 aromatic carbocycles. The molecule has 1 aliphatic rings. The highest BCUT2D eigenvalue weighted by Crippen LogP contribution is 2.30. The molecule has 2 heterocycles. The van der Waals surface area contributed by atoms with Crippen LogP contribution >= 0.6 is 11.6 Å². The largest absolute Gasteiger partial charge is 0.339 e. The lowest BCUT2D eigenvalue weighted by Gasteiger charge is -2.32. The molecule has 0 N–H and O–H groups in total. The van der Waals surface area contributed by atoms with Gasteiger partial charge in [0.2, 0.25) is 0 Å². The summed E-state index contributed by atoms with van der Waals surface area (Å²) in [4.78, 5) is 20.6. The lowest BCUT2D eigenvalue weighted by molar-refractivity contribution is 0.0692. The van der Waals surface area contributed by atoms with Gasteiger partial charge in [0.15, 0.2) is 0 Å². The number of aromatic nitrogens is 1. The van der Waals surface area contributed by atoms with Crippen molar-refractivity contribution in [2.24, 2.45) is 5.92 Å². The van der Waals surface area contributed by atoms with Gasteiger partial charge in [-0.1, -0.05) is 72.3 Å². The van der Waals surface area contributed by atoms with Crippen molar-refractivity contribution in [3.63, 3.8) is 0 Å². The van der Waals surface area contributed by atoms with Gasteiger partial charge in [0.05, 0.1) is 16.8 Å². The minimum absolute atomic E-state index is 0.0985. The number of aryl methyl sites for hydroxylation is 1. The molecule has 5 rings (SSSR count). The van der Waals surface area contributed by atoms with Crippen LogP contribution in [0.2, 0.25) is 5.02 Å². The van der Waals surface area contributed by atoms with E-state index in [1.54, 1.807) is 0 Å². The third kappa shape index (κ3) is 4.65. The predicted molar refractivity (Wildman–Crippen MR) is 136 cm³/mol. The first-order valence-corrected chi connectivity index (χ1v) is 12.0. The summed E-state index contributed by atoms with van der Waals surface area (Å²) in [6, 6.07) is 26.3. The Morgan fingerprint density at radius 1 is 0.970 bits per heavy atom. The average molecular weight is 455 g/mol. The van der Waals surface area contributed by atoms with Crippen molar-refractivity contribution < 1.29 is 4.79 Å². The molecule has 3 nitrogen and oxygen atoms in total. The molecule has 4 aromatic rings. The molecule has 1 aromatic heterocycles. The van der Waals surface area contributed by atoms with Crippen LogP contribution in [0.15, 0.2) is 78.9 Å². The standard InChI is InChI=1S/C29H27ClN2O/c1-20-6-5-9-25-26(19-27(31-28(20)25)23-10-12-24(30)13-11-23)29(33)32-16-14-22(15-17-32)18-21-7-3-2-4-8-21/h2-13,19,22H,14-18H2,1H3. The van der Waals surface area contributed by atoms with Crippen LogP contribution < -0.4 is 0 Å². The summed E-state index contributed by atoms with van der Waals surface area (Å²) < 4.78 is 0. The summed E-state index contributed by atoms with van der Waals surface area (Å²) in [5.74, 6) is 0.721. The number of carbonyl (C=O) groups excluding carboxylic acids is 1. The molecule has 0 aliphatic carbocycles. The summed E-state index contributed by atoms with van der Waals surface area (Å²) >= 11 is 6.08. The van der Waals surface area contributed by atoms with Gasteiger partial charge in [-0.05, 0) is 61.4 Å². The van der Waals surface area contributed by atoms with Crippen molar-refractivity contribution in [1.82, 2.24) is 9.88 Å². The number of nitrogens with zero attached hydrogens (tertiary/aromatic N) is 2. The van der Waals surface area contributed by atoms with Gasteiger partial charge in [-0.2, -0.15) is 0 Å². The average Bonchev–Trinajstić information content (AvgIpc) is 2.85. The number of hydrogen-bond donors (Lipinski definition) is 0. The van der Waals surface area contributed by atoms with Gasteiger partial charge in [-0.15, -0.1) is 0 Å². The SMILES string of the molecule is Cc1cccc2c(C(=O)N3CCC(Cc4ccccc4)CC3)cc(-c3ccc(Cl)cc3)nc12. The third-order valence-electron chi connectivity index (χ3n) is 6.68. The van der Waals surface area contributed by atoms with Crippen LogP contribution in [-0.4, -0.2) is 28.9 Å². The number of halogens is 1. The molecule has 1 saturated heterocycles. The number of rotatable bonds is 4. The monoisotopic (exact) mass is 454 g/mol. The summed E-state index contributed by atoms with van der Waals surface area (Å²) in [6.45, 7) is 3.63. The second-order valence-corrected chi connectivity index (χ2v) is 9.39. The van der Waals surface area contributed by atoms with Crippen molar-refractivity contribution in [1.29, 1.82) is 0 Å². The van der Waals surface area contributed by atoms with Gasteiger partial charge in [0, 0.05) is 29.1 Å². The number of fused-ring (bicyclic) bond motifs is 1. The molecule has 1 amide bonds. The molecule has 1 fully saturated rings. The number of pyridine rings is 1. The van der Waals surface area contributed by atoms with Crippen molar-refractivity contribution >= 4 is 28.4 Å². The van der Waals surface area contributed by atoms with Crippen molar-refractivity contribution in [2.45, 2.75) is 26.2 Å². The van der Waals surface area contributed by atoms with E-state index in [0.717, 1.165) is 65.6 Å². The van der Waals surface area contributed by atoms with E-state index in [1.165, 1.54) is 5.56 Å². The Morgan fingerprint density at radius 2 is 1.70 bits per heavy atom. The molecule has 166 valence electrons. The van der Waals surface area contributed by atoms with E-state index in [2.05, 4.69) is 30.3 Å². The van der Waals surface area contributed by atoms with E-state index in [1.807, 2.05) is 60.4 Å². The summed E-state index contributed by atoms with van der Waals surface area (Å²) in [5.41, 5.74) is 5.82. The van der Waals surface area contributed by atoms with Crippen LogP contribution in [0.4, 0.5) is 0 Å². The summed E-state index contributed by atoms with van der Waals surface area (Å²) in [6.07, 6.45) is 3.15. The van der Waals surface area contributed by atoms with Gasteiger partial charge >= 0.3 is 0 Å². The van der Waals surface area contributed by atoms with Crippen LogP contribution in [-0.2, 0) is 6.42 Å². The van der Waals surface area contributed by atoms with Gasteiger partial charge in [0.25, 0.3) is 5.91 Å². The summed E-state index contributed by atoms with van der Waals surface area (Å²) in [7, 11) is 0. The molecule has 0 saturated carbocycles. The maximum absolute atomic E-state index is 13.7. The van der Waals surface area contributed by atoms with Crippen LogP contribution in [0.1, 0.15) is 34.3 Å². The highest BCUT2D eigenvalue weighted by molar-refractivity contribution is 6.30. The zero-order valence-electron chi connectivity index (χ0n) is 18.8. The van der Waals surface area contributed by atoms with Crippen LogP contribution in [0.25, 0.3) is 22.2 Å². The highest BCUT2D eigenvalue weighted by Gasteiger charge is 2.26. The van der Waals surface area contributed by atoms with E-state index < -0.39 is 0 Å². The van der Waals surface area contributed by atoms with Crippen molar-refractivity contribution in [2.75, 3.05) is 13.1 Å². The number of hydrogen-bond acceptors (Lipinski definition) is 2. The first-order chi connectivity index (χ1) is 16.1. The number of benzene rings is 3. The molecule has 0 bridgehead atoms. The van der Waals surface area contributed by atoms with E-state index >= 15 is 0 Å². The number of likely N-dealkylation sites (tertiary alicyclic amines) is 1. The van der Waals surface area contributed by atoms with E-state index in [4.69, 9.17) is 16.6 Å². The molecule has 0 spiro atoms. The summed E-state index contributed by atoms with van der Waals surface area (Å²) in [5, 5.41) is 1.61. The molecule has 0 radical (unpaired) electrons. The maximum Gasteiger partial charge on any atom is 0.254 e. The van der Waals surface area contributed by atoms with Gasteiger partial charge in [-0.25, -0.2) is 4.98 Å². The molecular weight excluding hydrogens is 428 g/mol. The quantitative estimate of drug-likeness (QED) is 0.334. The van der Waals surface area contributed by atoms with Crippen molar-refractivity contribution in [3.05, 3.63) is 101 Å². The molecular formula is C29H27ClN2O. The van der Waals surface area contributed by atoms with E-state index in [-0.39, 0.29) is 5.91 Å².